The predicted molar refractivity (Wildman–Crippen MR) is 48.9 cm³/mol. The van der Waals surface area contributed by atoms with E-state index in [0.29, 0.717) is 6.42 Å². The van der Waals surface area contributed by atoms with E-state index in [9.17, 15) is 9.59 Å². The Balaban J connectivity index is 2.47. The topological polar surface area (TPSA) is 37.4 Å². The summed E-state index contributed by atoms with van der Waals surface area (Å²) in [6.45, 7) is 0. The van der Waals surface area contributed by atoms with E-state index in [4.69, 9.17) is 0 Å². The molecule has 0 aliphatic carbocycles. The number of hydrogen-bond acceptors (Lipinski definition) is 3. The zero-order valence-corrected chi connectivity index (χ0v) is 8.19. The van der Waals surface area contributed by atoms with Crippen LogP contribution < -0.4 is 0 Å². The highest BCUT2D eigenvalue weighted by atomic mass is 32.2. The molecule has 1 aliphatic heterocycles. The molecule has 0 saturated carbocycles. The molecule has 1 fully saturated rings. The maximum Gasteiger partial charge on any atom is 0.232 e. The van der Waals surface area contributed by atoms with Gasteiger partial charge in [0.1, 0.15) is 0 Å². The van der Waals surface area contributed by atoms with E-state index in [1.165, 1.54) is 4.90 Å². The lowest BCUT2D eigenvalue weighted by Crippen LogP contribution is -2.25. The fourth-order valence-electron chi connectivity index (χ4n) is 1.32. The van der Waals surface area contributed by atoms with Crippen LogP contribution in [-0.4, -0.2) is 35.8 Å². The molecule has 0 aromatic heterocycles. The molecule has 1 heterocycles. The van der Waals surface area contributed by atoms with E-state index in [0.717, 1.165) is 12.2 Å². The summed E-state index contributed by atoms with van der Waals surface area (Å²) in [6, 6.07) is 0. The molecular weight excluding hydrogens is 174 g/mol. The van der Waals surface area contributed by atoms with Gasteiger partial charge in [0.2, 0.25) is 11.8 Å². The van der Waals surface area contributed by atoms with Crippen molar-refractivity contribution in [3.8, 4) is 0 Å². The van der Waals surface area contributed by atoms with E-state index < -0.39 is 0 Å². The molecule has 1 aliphatic rings. The third-order valence-electron chi connectivity index (χ3n) is 2.15. The van der Waals surface area contributed by atoms with Crippen LogP contribution in [0.1, 0.15) is 12.8 Å². The van der Waals surface area contributed by atoms with Crippen molar-refractivity contribution in [2.45, 2.75) is 12.8 Å². The van der Waals surface area contributed by atoms with Crippen molar-refractivity contribution in [3.05, 3.63) is 0 Å². The zero-order chi connectivity index (χ0) is 9.14. The molecule has 68 valence electrons. The quantitative estimate of drug-likeness (QED) is 0.612. The van der Waals surface area contributed by atoms with Crippen LogP contribution in [0.2, 0.25) is 0 Å². The lowest BCUT2D eigenvalue weighted by atomic mass is 10.1. The van der Waals surface area contributed by atoms with Crippen molar-refractivity contribution >= 4 is 23.6 Å². The van der Waals surface area contributed by atoms with E-state index in [1.54, 1.807) is 18.8 Å². The average Bonchev–Trinajstić information content (AvgIpc) is 2.30. The number of carbonyl (C=O) groups is 2. The van der Waals surface area contributed by atoms with Gasteiger partial charge in [-0.2, -0.15) is 11.8 Å². The van der Waals surface area contributed by atoms with Crippen molar-refractivity contribution in [3.63, 3.8) is 0 Å². The number of hydrogen-bond donors (Lipinski definition) is 0. The standard InChI is InChI=1S/C8H13NO2S/c1-9-7(10)5-6(8(9)11)3-4-12-2/h6H,3-5H2,1-2H3. The monoisotopic (exact) mass is 187 g/mol. The van der Waals surface area contributed by atoms with Gasteiger partial charge in [-0.1, -0.05) is 0 Å². The molecule has 0 N–H and O–H groups in total. The molecule has 12 heavy (non-hydrogen) atoms. The van der Waals surface area contributed by atoms with Crippen LogP contribution in [0.5, 0.6) is 0 Å². The van der Waals surface area contributed by atoms with Gasteiger partial charge >= 0.3 is 0 Å². The molecule has 0 aromatic rings. The van der Waals surface area contributed by atoms with Crippen LogP contribution in [0.25, 0.3) is 0 Å². The number of carbonyl (C=O) groups excluding carboxylic acids is 2. The molecule has 4 heteroatoms. The van der Waals surface area contributed by atoms with Gasteiger partial charge in [-0.15, -0.1) is 0 Å². The zero-order valence-electron chi connectivity index (χ0n) is 7.37. The molecule has 1 atom stereocenters. The van der Waals surface area contributed by atoms with Gasteiger partial charge in [0, 0.05) is 19.4 Å². The number of likely N-dealkylation sites (tertiary alicyclic amines) is 1. The van der Waals surface area contributed by atoms with Crippen molar-refractivity contribution in [1.29, 1.82) is 0 Å². The maximum atomic E-state index is 11.3. The number of thioether (sulfide) groups is 1. The summed E-state index contributed by atoms with van der Waals surface area (Å²) in [4.78, 5) is 23.6. The predicted octanol–water partition coefficient (Wildman–Crippen LogP) is 0.744. The fourth-order valence-corrected chi connectivity index (χ4v) is 1.84. The first-order valence-corrected chi connectivity index (χ1v) is 5.35. The first-order valence-electron chi connectivity index (χ1n) is 3.96. The summed E-state index contributed by atoms with van der Waals surface area (Å²) in [7, 11) is 1.56. The SMILES string of the molecule is CSCCC1CC(=O)N(C)C1=O. The van der Waals surface area contributed by atoms with Crippen LogP contribution in [0.3, 0.4) is 0 Å². The van der Waals surface area contributed by atoms with Crippen molar-refractivity contribution < 1.29 is 9.59 Å². The number of amides is 2. The van der Waals surface area contributed by atoms with E-state index in [2.05, 4.69) is 0 Å². The highest BCUT2D eigenvalue weighted by molar-refractivity contribution is 7.98. The van der Waals surface area contributed by atoms with Gasteiger partial charge in [0.15, 0.2) is 0 Å². The summed E-state index contributed by atoms with van der Waals surface area (Å²) >= 11 is 1.71. The lowest BCUT2D eigenvalue weighted by Gasteiger charge is -2.06. The summed E-state index contributed by atoms with van der Waals surface area (Å²) in [5, 5.41) is 0. The Morgan fingerprint density at radius 1 is 1.58 bits per heavy atom. The fraction of sp³-hybridized carbons (Fsp3) is 0.750. The van der Waals surface area contributed by atoms with Crippen LogP contribution in [0.4, 0.5) is 0 Å². The summed E-state index contributed by atoms with van der Waals surface area (Å²) in [6.07, 6.45) is 3.25. The molecule has 1 saturated heterocycles. The third-order valence-corrected chi connectivity index (χ3v) is 2.79. The first-order chi connectivity index (χ1) is 5.66. The van der Waals surface area contributed by atoms with Gasteiger partial charge in [-0.3, -0.25) is 14.5 Å². The van der Waals surface area contributed by atoms with Gasteiger partial charge in [-0.05, 0) is 18.4 Å². The molecule has 0 bridgehead atoms. The second kappa shape index (κ2) is 3.94. The van der Waals surface area contributed by atoms with Gasteiger partial charge in [0.25, 0.3) is 0 Å². The second-order valence-electron chi connectivity index (χ2n) is 2.97. The molecular formula is C8H13NO2S. The Hall–Kier alpha value is -0.510. The Labute approximate surface area is 76.5 Å². The van der Waals surface area contributed by atoms with Gasteiger partial charge in [-0.25, -0.2) is 0 Å². The lowest BCUT2D eigenvalue weighted by molar-refractivity contribution is -0.137. The molecule has 2 amide bonds. The van der Waals surface area contributed by atoms with Gasteiger partial charge < -0.3 is 0 Å². The molecule has 0 spiro atoms. The second-order valence-corrected chi connectivity index (χ2v) is 3.96. The Kier molecular flexibility index (Phi) is 3.14. The van der Waals surface area contributed by atoms with Crippen molar-refractivity contribution in [1.82, 2.24) is 4.90 Å². The van der Waals surface area contributed by atoms with E-state index in [1.807, 2.05) is 6.26 Å². The number of rotatable bonds is 3. The Morgan fingerprint density at radius 3 is 2.67 bits per heavy atom. The minimum atomic E-state index is -0.0463. The molecule has 0 aromatic carbocycles. The van der Waals surface area contributed by atoms with Crippen molar-refractivity contribution in [2.75, 3.05) is 19.1 Å². The Bertz CT molecular complexity index is 205. The minimum absolute atomic E-state index is 0.00551. The maximum absolute atomic E-state index is 11.3. The Morgan fingerprint density at radius 2 is 2.25 bits per heavy atom. The summed E-state index contributed by atoms with van der Waals surface area (Å²) < 4.78 is 0. The van der Waals surface area contributed by atoms with Crippen LogP contribution in [0, 0.1) is 5.92 Å². The first kappa shape index (κ1) is 9.58. The molecule has 1 rings (SSSR count). The third kappa shape index (κ3) is 1.80. The average molecular weight is 187 g/mol. The summed E-state index contributed by atoms with van der Waals surface area (Å²) in [5.74, 6) is 0.868. The minimum Gasteiger partial charge on any atom is -0.285 e. The molecule has 0 radical (unpaired) electrons. The van der Waals surface area contributed by atoms with Crippen LogP contribution in [-0.2, 0) is 9.59 Å². The normalized spacial score (nSPS) is 23.8. The van der Waals surface area contributed by atoms with E-state index in [-0.39, 0.29) is 17.7 Å². The van der Waals surface area contributed by atoms with Crippen LogP contribution in [0.15, 0.2) is 0 Å². The smallest absolute Gasteiger partial charge is 0.232 e. The molecule has 1 unspecified atom stereocenters. The van der Waals surface area contributed by atoms with Crippen LogP contribution >= 0.6 is 11.8 Å². The van der Waals surface area contributed by atoms with Gasteiger partial charge in [0.05, 0.1) is 0 Å². The number of nitrogens with zero attached hydrogens (tertiary/aromatic N) is 1. The van der Waals surface area contributed by atoms with E-state index >= 15 is 0 Å². The largest absolute Gasteiger partial charge is 0.285 e. The van der Waals surface area contributed by atoms with Crippen molar-refractivity contribution in [2.24, 2.45) is 5.92 Å². The number of imide groups is 1. The highest BCUT2D eigenvalue weighted by Gasteiger charge is 2.35. The highest BCUT2D eigenvalue weighted by Crippen LogP contribution is 2.22. The summed E-state index contributed by atoms with van der Waals surface area (Å²) in [5.41, 5.74) is 0. The molecule has 3 nitrogen and oxygen atoms in total.